The molecule has 0 radical (unpaired) electrons. The van der Waals surface area contributed by atoms with Gasteiger partial charge in [0.2, 0.25) is 5.91 Å². The molecular formula is C17H27ClN2O. The molecule has 0 aliphatic heterocycles. The predicted molar refractivity (Wildman–Crippen MR) is 91.1 cm³/mol. The Bertz CT molecular complexity index is 479. The highest BCUT2D eigenvalue weighted by molar-refractivity contribution is 5.92. The molecule has 2 rings (SSSR count). The van der Waals surface area contributed by atoms with Crippen LogP contribution in [0.4, 0.5) is 5.69 Å². The van der Waals surface area contributed by atoms with Crippen LogP contribution in [-0.2, 0) is 4.79 Å². The Kier molecular flexibility index (Phi) is 6.69. The number of carbonyl (C=O) groups is 1. The summed E-state index contributed by atoms with van der Waals surface area (Å²) in [4.78, 5) is 12.2. The number of hydrogen-bond donors (Lipinski definition) is 2. The molecule has 4 heteroatoms. The van der Waals surface area contributed by atoms with Gasteiger partial charge in [0, 0.05) is 18.2 Å². The van der Waals surface area contributed by atoms with Gasteiger partial charge in [0.1, 0.15) is 0 Å². The maximum Gasteiger partial charge on any atom is 0.224 e. The van der Waals surface area contributed by atoms with E-state index in [0.717, 1.165) is 29.7 Å². The summed E-state index contributed by atoms with van der Waals surface area (Å²) >= 11 is 0. The van der Waals surface area contributed by atoms with Gasteiger partial charge < -0.3 is 11.1 Å². The monoisotopic (exact) mass is 310 g/mol. The third kappa shape index (κ3) is 4.72. The number of rotatable bonds is 3. The Balaban J connectivity index is 0.00000220. The Morgan fingerprint density at radius 1 is 1.19 bits per heavy atom. The van der Waals surface area contributed by atoms with Gasteiger partial charge in [0.15, 0.2) is 0 Å². The largest absolute Gasteiger partial charge is 0.327 e. The molecule has 21 heavy (non-hydrogen) atoms. The van der Waals surface area contributed by atoms with E-state index in [0.29, 0.717) is 12.3 Å². The molecule has 1 amide bonds. The summed E-state index contributed by atoms with van der Waals surface area (Å²) in [6.45, 7) is 6.16. The number of nitrogens with one attached hydrogen (secondary N) is 1. The average molecular weight is 311 g/mol. The molecular weight excluding hydrogens is 284 g/mol. The topological polar surface area (TPSA) is 55.1 Å². The highest BCUT2D eigenvalue weighted by atomic mass is 35.5. The first-order valence-electron chi connectivity index (χ1n) is 7.60. The lowest BCUT2D eigenvalue weighted by Crippen LogP contribution is -2.35. The minimum atomic E-state index is 0. The van der Waals surface area contributed by atoms with Crippen molar-refractivity contribution in [2.45, 2.75) is 58.9 Å². The number of halogens is 1. The molecule has 1 aliphatic rings. The third-order valence-corrected chi connectivity index (χ3v) is 4.36. The molecule has 1 saturated carbocycles. The van der Waals surface area contributed by atoms with Crippen molar-refractivity contribution in [1.82, 2.24) is 0 Å². The summed E-state index contributed by atoms with van der Waals surface area (Å²) in [5.74, 6) is 0.442. The zero-order valence-electron chi connectivity index (χ0n) is 13.2. The Hall–Kier alpha value is -1.06. The highest BCUT2D eigenvalue weighted by Crippen LogP contribution is 2.27. The SMILES string of the molecule is Cc1cc(C)c(NC(=O)CC2CCCCC2N)c(C)c1.Cl. The fraction of sp³-hybridized carbons (Fsp3) is 0.588. The van der Waals surface area contributed by atoms with Crippen LogP contribution in [0, 0.1) is 26.7 Å². The van der Waals surface area contributed by atoms with Crippen molar-refractivity contribution in [3.8, 4) is 0 Å². The molecule has 0 heterocycles. The van der Waals surface area contributed by atoms with E-state index in [2.05, 4.69) is 24.4 Å². The van der Waals surface area contributed by atoms with Crippen LogP contribution in [0.3, 0.4) is 0 Å². The lowest BCUT2D eigenvalue weighted by molar-refractivity contribution is -0.117. The van der Waals surface area contributed by atoms with E-state index < -0.39 is 0 Å². The highest BCUT2D eigenvalue weighted by Gasteiger charge is 2.24. The Labute approximate surface area is 134 Å². The van der Waals surface area contributed by atoms with Crippen LogP contribution in [0.15, 0.2) is 12.1 Å². The predicted octanol–water partition coefficient (Wildman–Crippen LogP) is 3.88. The zero-order chi connectivity index (χ0) is 14.7. The van der Waals surface area contributed by atoms with Crippen LogP contribution >= 0.6 is 12.4 Å². The number of anilines is 1. The maximum atomic E-state index is 12.2. The quantitative estimate of drug-likeness (QED) is 0.890. The van der Waals surface area contributed by atoms with Gasteiger partial charge in [-0.15, -0.1) is 12.4 Å². The van der Waals surface area contributed by atoms with E-state index >= 15 is 0 Å². The summed E-state index contributed by atoms with van der Waals surface area (Å²) in [6.07, 6.45) is 5.10. The number of aryl methyl sites for hydroxylation is 3. The van der Waals surface area contributed by atoms with Crippen molar-refractivity contribution >= 4 is 24.0 Å². The minimum Gasteiger partial charge on any atom is -0.327 e. The fourth-order valence-electron chi connectivity index (χ4n) is 3.30. The van der Waals surface area contributed by atoms with Crippen LogP contribution in [0.5, 0.6) is 0 Å². The second kappa shape index (κ2) is 7.81. The van der Waals surface area contributed by atoms with Crippen LogP contribution in [-0.4, -0.2) is 11.9 Å². The first-order chi connectivity index (χ1) is 9.47. The lowest BCUT2D eigenvalue weighted by Gasteiger charge is -2.28. The molecule has 3 nitrogen and oxygen atoms in total. The third-order valence-electron chi connectivity index (χ3n) is 4.36. The van der Waals surface area contributed by atoms with Gasteiger partial charge in [-0.2, -0.15) is 0 Å². The minimum absolute atomic E-state index is 0. The van der Waals surface area contributed by atoms with Gasteiger partial charge in [-0.25, -0.2) is 0 Å². The van der Waals surface area contributed by atoms with Gasteiger partial charge in [0.05, 0.1) is 0 Å². The number of hydrogen-bond acceptors (Lipinski definition) is 2. The molecule has 0 saturated heterocycles. The first-order valence-corrected chi connectivity index (χ1v) is 7.60. The molecule has 0 bridgehead atoms. The number of amides is 1. The molecule has 1 aromatic rings. The lowest BCUT2D eigenvalue weighted by atomic mass is 9.83. The number of nitrogens with two attached hydrogens (primary N) is 1. The maximum absolute atomic E-state index is 12.2. The normalized spacial score (nSPS) is 21.5. The molecule has 1 aliphatic carbocycles. The second-order valence-corrected chi connectivity index (χ2v) is 6.23. The Morgan fingerprint density at radius 2 is 1.76 bits per heavy atom. The van der Waals surface area contributed by atoms with Crippen LogP contribution in [0.2, 0.25) is 0 Å². The van der Waals surface area contributed by atoms with Crippen molar-refractivity contribution in [2.75, 3.05) is 5.32 Å². The van der Waals surface area contributed by atoms with Gasteiger partial charge in [-0.05, 0) is 50.7 Å². The molecule has 0 spiro atoms. The standard InChI is InChI=1S/C17H26N2O.ClH/c1-11-8-12(2)17(13(3)9-11)19-16(20)10-14-6-4-5-7-15(14)18;/h8-9,14-15H,4-7,10,18H2,1-3H3,(H,19,20);1H. The molecule has 0 aromatic heterocycles. The molecule has 3 N–H and O–H groups in total. The van der Waals surface area contributed by atoms with Gasteiger partial charge in [-0.1, -0.05) is 30.5 Å². The smallest absolute Gasteiger partial charge is 0.224 e. The van der Waals surface area contributed by atoms with Gasteiger partial charge in [0.25, 0.3) is 0 Å². The van der Waals surface area contributed by atoms with Crippen molar-refractivity contribution in [3.05, 3.63) is 28.8 Å². The summed E-state index contributed by atoms with van der Waals surface area (Å²) in [5, 5.41) is 3.08. The summed E-state index contributed by atoms with van der Waals surface area (Å²) < 4.78 is 0. The summed E-state index contributed by atoms with van der Waals surface area (Å²) in [5.41, 5.74) is 10.6. The van der Waals surface area contributed by atoms with E-state index in [1.165, 1.54) is 18.4 Å². The first kappa shape index (κ1) is 18.0. The number of carbonyl (C=O) groups excluding carboxylic acids is 1. The Morgan fingerprint density at radius 3 is 2.33 bits per heavy atom. The van der Waals surface area contributed by atoms with E-state index in [1.807, 2.05) is 13.8 Å². The van der Waals surface area contributed by atoms with Gasteiger partial charge in [-0.3, -0.25) is 4.79 Å². The van der Waals surface area contributed by atoms with Crippen molar-refractivity contribution in [2.24, 2.45) is 11.7 Å². The molecule has 2 unspecified atom stereocenters. The van der Waals surface area contributed by atoms with Crippen molar-refractivity contribution in [1.29, 1.82) is 0 Å². The van der Waals surface area contributed by atoms with Crippen LogP contribution < -0.4 is 11.1 Å². The van der Waals surface area contributed by atoms with Crippen LogP contribution in [0.25, 0.3) is 0 Å². The molecule has 1 aromatic carbocycles. The van der Waals surface area contributed by atoms with E-state index in [1.54, 1.807) is 0 Å². The molecule has 2 atom stereocenters. The van der Waals surface area contributed by atoms with E-state index in [4.69, 9.17) is 5.73 Å². The zero-order valence-corrected chi connectivity index (χ0v) is 14.1. The fourth-order valence-corrected chi connectivity index (χ4v) is 3.30. The van der Waals surface area contributed by atoms with Crippen molar-refractivity contribution < 1.29 is 4.79 Å². The van der Waals surface area contributed by atoms with Crippen molar-refractivity contribution in [3.63, 3.8) is 0 Å². The number of benzene rings is 1. The van der Waals surface area contributed by atoms with Gasteiger partial charge >= 0.3 is 0 Å². The molecule has 118 valence electrons. The summed E-state index contributed by atoms with van der Waals surface area (Å²) in [6, 6.07) is 4.40. The van der Waals surface area contributed by atoms with E-state index in [-0.39, 0.29) is 24.4 Å². The summed E-state index contributed by atoms with van der Waals surface area (Å²) in [7, 11) is 0. The van der Waals surface area contributed by atoms with Crippen LogP contribution in [0.1, 0.15) is 48.8 Å². The second-order valence-electron chi connectivity index (χ2n) is 6.23. The average Bonchev–Trinajstić information content (AvgIpc) is 2.36. The molecule has 1 fully saturated rings. The van der Waals surface area contributed by atoms with E-state index in [9.17, 15) is 4.79 Å².